The second-order valence-corrected chi connectivity index (χ2v) is 2.70. The molecule has 1 atom stereocenters. The van der Waals surface area contributed by atoms with Gasteiger partial charge in [-0.05, 0) is 6.92 Å². The third-order valence-corrected chi connectivity index (χ3v) is 1.94. The first-order valence-corrected chi connectivity index (χ1v) is 3.89. The molecule has 0 aromatic heterocycles. The summed E-state index contributed by atoms with van der Waals surface area (Å²) in [5, 5.41) is 11.3. The van der Waals surface area contributed by atoms with Crippen LogP contribution in [-0.2, 0) is 9.59 Å². The van der Waals surface area contributed by atoms with Crippen molar-refractivity contribution >= 4 is 11.9 Å². The second kappa shape index (κ2) is 3.53. The molecule has 0 unspecified atom stereocenters. The highest BCUT2D eigenvalue weighted by Crippen LogP contribution is 1.99. The molecule has 0 aromatic carbocycles. The van der Waals surface area contributed by atoms with Crippen molar-refractivity contribution in [2.45, 2.75) is 13.0 Å². The maximum atomic E-state index is 11.1. The zero-order chi connectivity index (χ0) is 9.14. The lowest BCUT2D eigenvalue weighted by Gasteiger charge is -2.30. The molecule has 0 spiro atoms. The monoisotopic (exact) mass is 172 g/mol. The fourth-order valence-corrected chi connectivity index (χ4v) is 1.18. The van der Waals surface area contributed by atoms with Gasteiger partial charge in [0.1, 0.15) is 6.04 Å². The van der Waals surface area contributed by atoms with Gasteiger partial charge in [0.25, 0.3) is 0 Å². The van der Waals surface area contributed by atoms with Crippen LogP contribution in [-0.4, -0.2) is 47.6 Å². The van der Waals surface area contributed by atoms with E-state index < -0.39 is 12.0 Å². The minimum Gasteiger partial charge on any atom is -0.480 e. The summed E-state index contributed by atoms with van der Waals surface area (Å²) < 4.78 is 0. The van der Waals surface area contributed by atoms with Gasteiger partial charge < -0.3 is 10.0 Å². The molecule has 2 N–H and O–H groups in total. The Balaban J connectivity index is 2.55. The summed E-state index contributed by atoms with van der Waals surface area (Å²) in [6.07, 6.45) is 0. The van der Waals surface area contributed by atoms with Crippen LogP contribution in [0.3, 0.4) is 0 Å². The summed E-state index contributed by atoms with van der Waals surface area (Å²) in [7, 11) is 0. The minimum absolute atomic E-state index is 0.0324. The van der Waals surface area contributed by atoms with Crippen molar-refractivity contribution in [3.05, 3.63) is 0 Å². The Labute approximate surface area is 70.4 Å². The van der Waals surface area contributed by atoms with E-state index in [9.17, 15) is 9.59 Å². The van der Waals surface area contributed by atoms with E-state index in [2.05, 4.69) is 5.32 Å². The number of amides is 1. The fraction of sp³-hybridized carbons (Fsp3) is 0.714. The van der Waals surface area contributed by atoms with Crippen molar-refractivity contribution < 1.29 is 14.7 Å². The standard InChI is InChI=1S/C7H12N2O3/c1-2-9-4-5(7(11)12)8-3-6(9)10/h5,8H,2-4H2,1H3,(H,11,12)/t5-/m0/s1. The largest absolute Gasteiger partial charge is 0.480 e. The van der Waals surface area contributed by atoms with Crippen LogP contribution >= 0.6 is 0 Å². The van der Waals surface area contributed by atoms with Gasteiger partial charge in [-0.15, -0.1) is 0 Å². The summed E-state index contributed by atoms with van der Waals surface area (Å²) in [5.41, 5.74) is 0. The van der Waals surface area contributed by atoms with E-state index in [0.717, 1.165) is 0 Å². The number of carboxylic acids is 1. The summed E-state index contributed by atoms with van der Waals surface area (Å²) >= 11 is 0. The third kappa shape index (κ3) is 1.73. The number of aliphatic carboxylic acids is 1. The van der Waals surface area contributed by atoms with Gasteiger partial charge in [-0.1, -0.05) is 0 Å². The van der Waals surface area contributed by atoms with Crippen molar-refractivity contribution in [3.63, 3.8) is 0 Å². The van der Waals surface area contributed by atoms with Gasteiger partial charge in [0.05, 0.1) is 6.54 Å². The van der Waals surface area contributed by atoms with E-state index in [1.165, 1.54) is 4.90 Å². The smallest absolute Gasteiger partial charge is 0.322 e. The molecule has 1 fully saturated rings. The first-order chi connectivity index (χ1) is 5.65. The van der Waals surface area contributed by atoms with Gasteiger partial charge in [-0.25, -0.2) is 0 Å². The number of hydrogen-bond acceptors (Lipinski definition) is 3. The Bertz CT molecular complexity index is 205. The molecule has 1 amide bonds. The van der Waals surface area contributed by atoms with Crippen LogP contribution < -0.4 is 5.32 Å². The van der Waals surface area contributed by atoms with Crippen molar-refractivity contribution in [3.8, 4) is 0 Å². The highest BCUT2D eigenvalue weighted by atomic mass is 16.4. The van der Waals surface area contributed by atoms with Crippen LogP contribution in [0.15, 0.2) is 0 Å². The minimum atomic E-state index is -0.902. The van der Waals surface area contributed by atoms with Gasteiger partial charge >= 0.3 is 5.97 Å². The van der Waals surface area contributed by atoms with Gasteiger partial charge in [0.2, 0.25) is 5.91 Å². The Morgan fingerprint density at radius 1 is 1.83 bits per heavy atom. The van der Waals surface area contributed by atoms with Crippen molar-refractivity contribution in [2.24, 2.45) is 0 Å². The molecule has 5 nitrogen and oxygen atoms in total. The zero-order valence-corrected chi connectivity index (χ0v) is 6.91. The molecule has 0 radical (unpaired) electrons. The lowest BCUT2D eigenvalue weighted by molar-refractivity contribution is -0.143. The van der Waals surface area contributed by atoms with E-state index in [-0.39, 0.29) is 19.0 Å². The van der Waals surface area contributed by atoms with Gasteiger partial charge in [0, 0.05) is 13.1 Å². The maximum absolute atomic E-state index is 11.1. The first-order valence-electron chi connectivity index (χ1n) is 3.89. The molecule has 0 aromatic rings. The van der Waals surface area contributed by atoms with E-state index >= 15 is 0 Å². The summed E-state index contributed by atoms with van der Waals surface area (Å²) in [6, 6.07) is -0.609. The Morgan fingerprint density at radius 2 is 2.50 bits per heavy atom. The number of likely N-dealkylation sites (N-methyl/N-ethyl adjacent to an activating group) is 1. The average molecular weight is 172 g/mol. The van der Waals surface area contributed by atoms with Crippen LogP contribution in [0.2, 0.25) is 0 Å². The average Bonchev–Trinajstić information content (AvgIpc) is 2.05. The van der Waals surface area contributed by atoms with Crippen LogP contribution in [0.4, 0.5) is 0 Å². The van der Waals surface area contributed by atoms with Gasteiger partial charge in [0.15, 0.2) is 0 Å². The number of carboxylic acid groups (broad SMARTS) is 1. The molecule has 0 bridgehead atoms. The molecule has 1 aliphatic rings. The molecule has 0 saturated carbocycles. The van der Waals surface area contributed by atoms with Crippen LogP contribution in [0, 0.1) is 0 Å². The van der Waals surface area contributed by atoms with E-state index in [1.54, 1.807) is 0 Å². The molecule has 1 saturated heterocycles. The molecular weight excluding hydrogens is 160 g/mol. The zero-order valence-electron chi connectivity index (χ0n) is 6.91. The number of carbonyl (C=O) groups excluding carboxylic acids is 1. The van der Waals surface area contributed by atoms with Crippen LogP contribution in [0.25, 0.3) is 0 Å². The highest BCUT2D eigenvalue weighted by molar-refractivity contribution is 5.83. The van der Waals surface area contributed by atoms with Crippen LogP contribution in [0.1, 0.15) is 6.92 Å². The fourth-order valence-electron chi connectivity index (χ4n) is 1.18. The molecular formula is C7H12N2O3. The van der Waals surface area contributed by atoms with Gasteiger partial charge in [-0.2, -0.15) is 0 Å². The quantitative estimate of drug-likeness (QED) is 0.554. The maximum Gasteiger partial charge on any atom is 0.322 e. The normalized spacial score (nSPS) is 24.2. The number of piperazine rings is 1. The van der Waals surface area contributed by atoms with Crippen LogP contribution in [0.5, 0.6) is 0 Å². The molecule has 1 aliphatic heterocycles. The predicted octanol–water partition coefficient (Wildman–Crippen LogP) is -1.11. The molecule has 12 heavy (non-hydrogen) atoms. The van der Waals surface area contributed by atoms with Crippen molar-refractivity contribution in [1.29, 1.82) is 0 Å². The second-order valence-electron chi connectivity index (χ2n) is 2.70. The molecule has 1 heterocycles. The first kappa shape index (κ1) is 8.99. The highest BCUT2D eigenvalue weighted by Gasteiger charge is 2.28. The molecule has 68 valence electrons. The van der Waals surface area contributed by atoms with Gasteiger partial charge in [-0.3, -0.25) is 14.9 Å². The van der Waals surface area contributed by atoms with Crippen molar-refractivity contribution in [1.82, 2.24) is 10.2 Å². The lowest BCUT2D eigenvalue weighted by Crippen LogP contribution is -2.56. The molecule has 0 aliphatic carbocycles. The Morgan fingerprint density at radius 3 is 3.00 bits per heavy atom. The predicted molar refractivity (Wildman–Crippen MR) is 41.7 cm³/mol. The summed E-state index contributed by atoms with van der Waals surface area (Å²) in [6.45, 7) is 2.81. The van der Waals surface area contributed by atoms with E-state index in [0.29, 0.717) is 6.54 Å². The van der Waals surface area contributed by atoms with E-state index in [1.807, 2.05) is 6.92 Å². The number of rotatable bonds is 2. The summed E-state index contributed by atoms with van der Waals surface area (Å²) in [4.78, 5) is 23.1. The summed E-state index contributed by atoms with van der Waals surface area (Å²) in [5.74, 6) is -0.934. The van der Waals surface area contributed by atoms with Crippen molar-refractivity contribution in [2.75, 3.05) is 19.6 Å². The third-order valence-electron chi connectivity index (χ3n) is 1.94. The number of hydrogen-bond donors (Lipinski definition) is 2. The number of nitrogens with zero attached hydrogens (tertiary/aromatic N) is 1. The Kier molecular flexibility index (Phi) is 2.65. The number of nitrogens with one attached hydrogen (secondary N) is 1. The molecule has 1 rings (SSSR count). The SMILES string of the molecule is CCN1C[C@@H](C(=O)O)NCC1=O. The lowest BCUT2D eigenvalue weighted by atomic mass is 10.2. The molecule has 5 heteroatoms. The van der Waals surface area contributed by atoms with E-state index in [4.69, 9.17) is 5.11 Å². The Hall–Kier alpha value is -1.10. The topological polar surface area (TPSA) is 69.6 Å². The number of carbonyl (C=O) groups is 2.